The number of nitrogens with zero attached hydrogens (tertiary/aromatic N) is 1. The Morgan fingerprint density at radius 2 is 2.14 bits per heavy atom. The molecule has 3 rings (SSSR count). The van der Waals surface area contributed by atoms with E-state index in [0.717, 1.165) is 19.3 Å². The van der Waals surface area contributed by atoms with Crippen LogP contribution in [-0.2, 0) is 14.3 Å². The Morgan fingerprint density at radius 1 is 1.36 bits per heavy atom. The average Bonchev–Trinajstić information content (AvgIpc) is 3.27. The van der Waals surface area contributed by atoms with Gasteiger partial charge in [-0.15, -0.1) is 0 Å². The van der Waals surface area contributed by atoms with Gasteiger partial charge in [0.25, 0.3) is 5.91 Å². The second-order valence-corrected chi connectivity index (χ2v) is 8.57. The smallest absolute Gasteiger partial charge is 0.288 e. The third-order valence-electron chi connectivity index (χ3n) is 5.99. The van der Waals surface area contributed by atoms with E-state index in [0.29, 0.717) is 24.8 Å². The Bertz CT molecular complexity index is 639. The van der Waals surface area contributed by atoms with Crippen molar-refractivity contribution in [2.24, 2.45) is 5.92 Å². The Labute approximate surface area is 172 Å². The fourth-order valence-electron chi connectivity index (χ4n) is 4.41. The van der Waals surface area contributed by atoms with Gasteiger partial charge in [-0.2, -0.15) is 11.3 Å². The van der Waals surface area contributed by atoms with E-state index in [1.165, 1.54) is 24.8 Å². The third kappa shape index (κ3) is 4.97. The van der Waals surface area contributed by atoms with Gasteiger partial charge in [0.2, 0.25) is 6.29 Å². The van der Waals surface area contributed by atoms with Gasteiger partial charge in [-0.1, -0.05) is 19.3 Å². The molecule has 1 fully saturated rings. The maximum atomic E-state index is 13.2. The lowest BCUT2D eigenvalue weighted by Gasteiger charge is -2.38. The van der Waals surface area contributed by atoms with Crippen molar-refractivity contribution >= 4 is 17.2 Å². The minimum Gasteiger partial charge on any atom is -0.459 e. The van der Waals surface area contributed by atoms with E-state index in [1.54, 1.807) is 11.3 Å². The van der Waals surface area contributed by atoms with Crippen molar-refractivity contribution in [1.29, 1.82) is 0 Å². The summed E-state index contributed by atoms with van der Waals surface area (Å²) in [4.78, 5) is 15.1. The largest absolute Gasteiger partial charge is 0.459 e. The zero-order valence-electron chi connectivity index (χ0n) is 17.0. The van der Waals surface area contributed by atoms with Gasteiger partial charge in [-0.05, 0) is 61.1 Å². The number of aliphatic hydroxyl groups excluding tert-OH is 1. The molecule has 1 saturated carbocycles. The van der Waals surface area contributed by atoms with Crippen LogP contribution in [0.4, 0.5) is 0 Å². The Hall–Kier alpha value is -1.37. The lowest BCUT2D eigenvalue weighted by atomic mass is 9.81. The fraction of sp³-hybridized carbons (Fsp3) is 0.682. The number of carbonyl (C=O) groups excluding carboxylic acids is 1. The summed E-state index contributed by atoms with van der Waals surface area (Å²) in [7, 11) is 1.90. The standard InChI is InChI=1S/C22H33NO4S/c1-3-26-22-18(10-7-12-24)19(16-11-13-28-15-16)14-20(27-22)21(25)23(2)17-8-5-4-6-9-17/h11,13-15,17-19,22,24H,3-10,12H2,1-2H3/t18-,19-,22-/m0/s1. The molecule has 3 atom stereocenters. The molecule has 1 aliphatic carbocycles. The number of amides is 1. The van der Waals surface area contributed by atoms with Crippen LogP contribution in [0, 0.1) is 5.92 Å². The van der Waals surface area contributed by atoms with Crippen molar-refractivity contribution in [2.75, 3.05) is 20.3 Å². The van der Waals surface area contributed by atoms with Crippen molar-refractivity contribution in [3.05, 3.63) is 34.2 Å². The molecule has 0 spiro atoms. The first-order chi connectivity index (χ1) is 13.7. The predicted octanol–water partition coefficient (Wildman–Crippen LogP) is 4.29. The maximum absolute atomic E-state index is 13.2. The van der Waals surface area contributed by atoms with Gasteiger partial charge >= 0.3 is 0 Å². The molecule has 0 unspecified atom stereocenters. The van der Waals surface area contributed by atoms with Crippen LogP contribution in [0.25, 0.3) is 0 Å². The highest BCUT2D eigenvalue weighted by Gasteiger charge is 2.39. The Morgan fingerprint density at radius 3 is 2.79 bits per heavy atom. The normalized spacial score (nSPS) is 25.8. The minimum atomic E-state index is -0.467. The van der Waals surface area contributed by atoms with Crippen LogP contribution in [-0.4, -0.2) is 48.5 Å². The van der Waals surface area contributed by atoms with Crippen molar-refractivity contribution in [1.82, 2.24) is 4.90 Å². The van der Waals surface area contributed by atoms with Gasteiger partial charge in [0.15, 0.2) is 5.76 Å². The van der Waals surface area contributed by atoms with Crippen LogP contribution in [0.1, 0.15) is 63.4 Å². The lowest BCUT2D eigenvalue weighted by molar-refractivity contribution is -0.170. The number of hydrogen-bond acceptors (Lipinski definition) is 5. The number of thiophene rings is 1. The van der Waals surface area contributed by atoms with Crippen LogP contribution in [0.5, 0.6) is 0 Å². The van der Waals surface area contributed by atoms with Gasteiger partial charge in [0.1, 0.15) is 0 Å². The number of aliphatic hydroxyl groups is 1. The first-order valence-corrected chi connectivity index (χ1v) is 11.5. The molecule has 1 amide bonds. The van der Waals surface area contributed by atoms with Crippen LogP contribution in [0.2, 0.25) is 0 Å². The van der Waals surface area contributed by atoms with Crippen molar-refractivity contribution < 1.29 is 19.4 Å². The van der Waals surface area contributed by atoms with E-state index in [9.17, 15) is 9.90 Å². The van der Waals surface area contributed by atoms with E-state index in [2.05, 4.69) is 16.8 Å². The fourth-order valence-corrected chi connectivity index (χ4v) is 5.12. The van der Waals surface area contributed by atoms with E-state index >= 15 is 0 Å². The third-order valence-corrected chi connectivity index (χ3v) is 6.69. The van der Waals surface area contributed by atoms with Gasteiger partial charge in [0, 0.05) is 38.1 Å². The lowest BCUT2D eigenvalue weighted by Crippen LogP contribution is -2.43. The van der Waals surface area contributed by atoms with Crippen molar-refractivity contribution in [2.45, 2.75) is 70.1 Å². The van der Waals surface area contributed by atoms with E-state index in [-0.39, 0.29) is 24.3 Å². The second-order valence-electron chi connectivity index (χ2n) is 7.79. The molecule has 0 saturated heterocycles. The average molecular weight is 408 g/mol. The molecule has 2 heterocycles. The first-order valence-electron chi connectivity index (χ1n) is 10.6. The topological polar surface area (TPSA) is 59.0 Å². The number of carbonyl (C=O) groups is 1. The Kier molecular flexibility index (Phi) is 7.94. The summed E-state index contributed by atoms with van der Waals surface area (Å²) in [6.07, 6.45) is 8.77. The summed E-state index contributed by atoms with van der Waals surface area (Å²) >= 11 is 1.66. The maximum Gasteiger partial charge on any atom is 0.288 e. The summed E-state index contributed by atoms with van der Waals surface area (Å²) in [6, 6.07) is 2.40. The van der Waals surface area contributed by atoms with Gasteiger partial charge < -0.3 is 19.5 Å². The number of allylic oxidation sites excluding steroid dienone is 1. The molecule has 0 radical (unpaired) electrons. The zero-order valence-corrected chi connectivity index (χ0v) is 17.8. The van der Waals surface area contributed by atoms with E-state index in [1.807, 2.05) is 24.9 Å². The summed E-state index contributed by atoms with van der Waals surface area (Å²) in [5.74, 6) is 0.500. The molecule has 0 bridgehead atoms. The molecule has 6 heteroatoms. The molecule has 156 valence electrons. The summed E-state index contributed by atoms with van der Waals surface area (Å²) in [6.45, 7) is 2.61. The molecular weight excluding hydrogens is 374 g/mol. The number of rotatable bonds is 8. The molecular formula is C22H33NO4S. The zero-order chi connectivity index (χ0) is 19.9. The molecule has 5 nitrogen and oxygen atoms in total. The predicted molar refractivity (Wildman–Crippen MR) is 111 cm³/mol. The minimum absolute atomic E-state index is 0.0440. The van der Waals surface area contributed by atoms with Crippen molar-refractivity contribution in [3.63, 3.8) is 0 Å². The highest BCUT2D eigenvalue weighted by atomic mass is 32.1. The summed E-state index contributed by atoms with van der Waals surface area (Å²) in [5.41, 5.74) is 1.19. The molecule has 1 aliphatic heterocycles. The molecule has 1 aromatic heterocycles. The number of ether oxygens (including phenoxy) is 2. The molecule has 1 aromatic rings. The second kappa shape index (κ2) is 10.4. The highest BCUT2D eigenvalue weighted by molar-refractivity contribution is 7.08. The van der Waals surface area contributed by atoms with Crippen LogP contribution >= 0.6 is 11.3 Å². The van der Waals surface area contributed by atoms with E-state index in [4.69, 9.17) is 9.47 Å². The van der Waals surface area contributed by atoms with Crippen molar-refractivity contribution in [3.8, 4) is 0 Å². The highest BCUT2D eigenvalue weighted by Crippen LogP contribution is 2.40. The monoisotopic (exact) mass is 407 g/mol. The molecule has 1 N–H and O–H groups in total. The van der Waals surface area contributed by atoms with Gasteiger partial charge in [0.05, 0.1) is 0 Å². The quantitative estimate of drug-likeness (QED) is 0.698. The first kappa shape index (κ1) is 21.3. The molecule has 0 aromatic carbocycles. The van der Waals surface area contributed by atoms with Crippen LogP contribution in [0.15, 0.2) is 28.7 Å². The molecule has 2 aliphatic rings. The van der Waals surface area contributed by atoms with Gasteiger partial charge in [-0.3, -0.25) is 4.79 Å². The summed E-state index contributed by atoms with van der Waals surface area (Å²) < 4.78 is 12.0. The van der Waals surface area contributed by atoms with Crippen LogP contribution in [0.3, 0.4) is 0 Å². The van der Waals surface area contributed by atoms with E-state index < -0.39 is 6.29 Å². The van der Waals surface area contributed by atoms with Gasteiger partial charge in [-0.25, -0.2) is 0 Å². The number of hydrogen-bond donors (Lipinski definition) is 1. The van der Waals surface area contributed by atoms with Crippen LogP contribution < -0.4 is 0 Å². The Balaban J connectivity index is 1.85. The number of likely N-dealkylation sites (N-methyl/N-ethyl adjacent to an activating group) is 1. The SMILES string of the molecule is CCO[C@H]1OC(C(=O)N(C)C2CCCCC2)=C[C@@H](c2ccsc2)[C@@H]1CCCO. The molecule has 28 heavy (non-hydrogen) atoms. The summed E-state index contributed by atoms with van der Waals surface area (Å²) in [5, 5.41) is 13.5.